The largest absolute Gasteiger partial charge is 0.385 e. The van der Waals surface area contributed by atoms with Gasteiger partial charge in [0.1, 0.15) is 0 Å². The zero-order valence-electron chi connectivity index (χ0n) is 11.8. The highest BCUT2D eigenvalue weighted by Crippen LogP contribution is 2.19. The van der Waals surface area contributed by atoms with Gasteiger partial charge >= 0.3 is 0 Å². The molecule has 0 radical (unpaired) electrons. The van der Waals surface area contributed by atoms with Gasteiger partial charge in [-0.25, -0.2) is 0 Å². The zero-order valence-corrected chi connectivity index (χ0v) is 13.4. The predicted molar refractivity (Wildman–Crippen MR) is 81.7 cm³/mol. The topological polar surface area (TPSA) is 38.3 Å². The molecule has 1 aromatic carbocycles. The van der Waals surface area contributed by atoms with Crippen LogP contribution in [0.1, 0.15) is 36.2 Å². The number of hydrogen-bond acceptors (Lipinski definition) is 2. The van der Waals surface area contributed by atoms with Crippen LogP contribution >= 0.6 is 15.9 Å². The predicted octanol–water partition coefficient (Wildman–Crippen LogP) is 3.37. The van der Waals surface area contributed by atoms with Gasteiger partial charge in [0.05, 0.1) is 0 Å². The van der Waals surface area contributed by atoms with E-state index in [0.717, 1.165) is 17.3 Å². The van der Waals surface area contributed by atoms with E-state index in [9.17, 15) is 4.79 Å². The first-order valence-electron chi connectivity index (χ1n) is 6.40. The highest BCUT2D eigenvalue weighted by atomic mass is 79.9. The minimum Gasteiger partial charge on any atom is -0.385 e. The molecule has 0 fully saturated rings. The average molecular weight is 328 g/mol. The highest BCUT2D eigenvalue weighted by molar-refractivity contribution is 9.08. The van der Waals surface area contributed by atoms with Gasteiger partial charge < -0.3 is 10.1 Å². The molecule has 0 atom stereocenters. The molecule has 1 aromatic rings. The SMILES string of the molecule is COCCC(C)(C)CNC(=O)c1ccc(CBr)cc1. The average Bonchev–Trinajstić information content (AvgIpc) is 2.43. The fourth-order valence-electron chi connectivity index (χ4n) is 1.63. The molecular formula is C15H22BrNO2. The van der Waals surface area contributed by atoms with Gasteiger partial charge in [-0.15, -0.1) is 0 Å². The van der Waals surface area contributed by atoms with Gasteiger partial charge in [0.25, 0.3) is 5.91 Å². The Labute approximate surface area is 123 Å². The van der Waals surface area contributed by atoms with Gasteiger partial charge in [-0.1, -0.05) is 41.9 Å². The molecular weight excluding hydrogens is 306 g/mol. The Morgan fingerprint density at radius 3 is 2.47 bits per heavy atom. The molecule has 0 heterocycles. The summed E-state index contributed by atoms with van der Waals surface area (Å²) in [5.74, 6) is -0.0217. The fourth-order valence-corrected chi connectivity index (χ4v) is 2.01. The van der Waals surface area contributed by atoms with E-state index < -0.39 is 0 Å². The summed E-state index contributed by atoms with van der Waals surface area (Å²) >= 11 is 3.39. The molecule has 0 aliphatic carbocycles. The molecule has 0 saturated heterocycles. The lowest BCUT2D eigenvalue weighted by atomic mass is 9.89. The van der Waals surface area contributed by atoms with E-state index in [1.54, 1.807) is 7.11 Å². The number of nitrogens with one attached hydrogen (secondary N) is 1. The smallest absolute Gasteiger partial charge is 0.251 e. The number of carbonyl (C=O) groups excluding carboxylic acids is 1. The Hall–Kier alpha value is -0.870. The Morgan fingerprint density at radius 1 is 1.32 bits per heavy atom. The molecule has 19 heavy (non-hydrogen) atoms. The molecule has 1 rings (SSSR count). The Bertz CT molecular complexity index is 401. The number of benzene rings is 1. The van der Waals surface area contributed by atoms with Crippen molar-refractivity contribution in [3.05, 3.63) is 35.4 Å². The van der Waals surface area contributed by atoms with Crippen molar-refractivity contribution in [3.8, 4) is 0 Å². The maximum atomic E-state index is 12.0. The summed E-state index contributed by atoms with van der Waals surface area (Å²) in [6, 6.07) is 7.63. The molecule has 3 nitrogen and oxygen atoms in total. The Balaban J connectivity index is 2.50. The Morgan fingerprint density at radius 2 is 1.95 bits per heavy atom. The van der Waals surface area contributed by atoms with Gasteiger partial charge in [0, 0.05) is 31.2 Å². The van der Waals surface area contributed by atoms with Crippen LogP contribution in [0.2, 0.25) is 0 Å². The standard InChI is InChI=1S/C15H22BrNO2/c1-15(2,8-9-19-3)11-17-14(18)13-6-4-12(10-16)5-7-13/h4-7H,8-11H2,1-3H3,(H,17,18). The molecule has 1 N–H and O–H groups in total. The van der Waals surface area contributed by atoms with Crippen LogP contribution in [-0.4, -0.2) is 26.2 Å². The van der Waals surface area contributed by atoms with Crippen molar-refractivity contribution >= 4 is 21.8 Å². The summed E-state index contributed by atoms with van der Waals surface area (Å²) in [6.07, 6.45) is 0.923. The van der Waals surface area contributed by atoms with Crippen molar-refractivity contribution in [1.29, 1.82) is 0 Å². The van der Waals surface area contributed by atoms with Crippen molar-refractivity contribution in [2.24, 2.45) is 5.41 Å². The summed E-state index contributed by atoms with van der Waals surface area (Å²) in [5, 5.41) is 3.78. The van der Waals surface area contributed by atoms with Gasteiger partial charge in [0.2, 0.25) is 0 Å². The minimum absolute atomic E-state index is 0.0217. The third kappa shape index (κ3) is 5.74. The van der Waals surface area contributed by atoms with E-state index in [1.807, 2.05) is 24.3 Å². The van der Waals surface area contributed by atoms with E-state index >= 15 is 0 Å². The minimum atomic E-state index is -0.0217. The van der Waals surface area contributed by atoms with E-state index in [0.29, 0.717) is 18.7 Å². The van der Waals surface area contributed by atoms with Gasteiger partial charge in [-0.05, 0) is 29.5 Å². The van der Waals surface area contributed by atoms with Crippen LogP contribution in [0, 0.1) is 5.41 Å². The molecule has 1 amide bonds. The maximum absolute atomic E-state index is 12.0. The van der Waals surface area contributed by atoms with Crippen LogP contribution in [0.4, 0.5) is 0 Å². The van der Waals surface area contributed by atoms with E-state index in [2.05, 4.69) is 35.1 Å². The molecule has 0 aliphatic rings. The van der Waals surface area contributed by atoms with Gasteiger partial charge in [-0.2, -0.15) is 0 Å². The first-order chi connectivity index (χ1) is 8.98. The summed E-state index contributed by atoms with van der Waals surface area (Å²) in [5.41, 5.74) is 1.91. The van der Waals surface area contributed by atoms with Gasteiger partial charge in [0.15, 0.2) is 0 Å². The van der Waals surface area contributed by atoms with E-state index in [1.165, 1.54) is 0 Å². The molecule has 0 aliphatic heterocycles. The highest BCUT2D eigenvalue weighted by Gasteiger charge is 2.18. The molecule has 0 aromatic heterocycles. The number of alkyl halides is 1. The molecule has 0 bridgehead atoms. The zero-order chi connectivity index (χ0) is 14.3. The van der Waals surface area contributed by atoms with Crippen LogP contribution in [0.15, 0.2) is 24.3 Å². The Kier molecular flexibility index (Phi) is 6.52. The van der Waals surface area contributed by atoms with Crippen LogP contribution in [0.3, 0.4) is 0 Å². The second-order valence-corrected chi connectivity index (χ2v) is 5.98. The molecule has 4 heteroatoms. The van der Waals surface area contributed by atoms with Gasteiger partial charge in [-0.3, -0.25) is 4.79 Å². The number of carbonyl (C=O) groups is 1. The lowest BCUT2D eigenvalue weighted by molar-refractivity contribution is 0.0921. The lowest BCUT2D eigenvalue weighted by Crippen LogP contribution is -2.34. The summed E-state index contributed by atoms with van der Waals surface area (Å²) < 4.78 is 5.08. The number of halogens is 1. The van der Waals surface area contributed by atoms with E-state index in [-0.39, 0.29) is 11.3 Å². The van der Waals surface area contributed by atoms with Crippen molar-refractivity contribution < 1.29 is 9.53 Å². The maximum Gasteiger partial charge on any atom is 0.251 e. The molecule has 106 valence electrons. The fraction of sp³-hybridized carbons (Fsp3) is 0.533. The number of amides is 1. The molecule has 0 saturated carbocycles. The van der Waals surface area contributed by atoms with Crippen LogP contribution in [0.5, 0.6) is 0 Å². The summed E-state index contributed by atoms with van der Waals surface area (Å²) in [7, 11) is 1.69. The van der Waals surface area contributed by atoms with Crippen LogP contribution in [-0.2, 0) is 10.1 Å². The molecule has 0 spiro atoms. The van der Waals surface area contributed by atoms with Crippen LogP contribution in [0.25, 0.3) is 0 Å². The van der Waals surface area contributed by atoms with E-state index in [4.69, 9.17) is 4.74 Å². The second kappa shape index (κ2) is 7.65. The van der Waals surface area contributed by atoms with Crippen molar-refractivity contribution in [1.82, 2.24) is 5.32 Å². The summed E-state index contributed by atoms with van der Waals surface area (Å²) in [4.78, 5) is 12.0. The molecule has 0 unspecified atom stereocenters. The quantitative estimate of drug-likeness (QED) is 0.780. The first-order valence-corrected chi connectivity index (χ1v) is 7.53. The number of rotatable bonds is 7. The van der Waals surface area contributed by atoms with Crippen LogP contribution < -0.4 is 5.32 Å². The third-order valence-corrected chi connectivity index (χ3v) is 3.73. The van der Waals surface area contributed by atoms with Crippen molar-refractivity contribution in [3.63, 3.8) is 0 Å². The monoisotopic (exact) mass is 327 g/mol. The number of hydrogen-bond donors (Lipinski definition) is 1. The second-order valence-electron chi connectivity index (χ2n) is 5.42. The third-order valence-electron chi connectivity index (χ3n) is 3.08. The number of methoxy groups -OCH3 is 1. The summed E-state index contributed by atoms with van der Waals surface area (Å²) in [6.45, 7) is 5.61. The lowest BCUT2D eigenvalue weighted by Gasteiger charge is -2.24. The normalized spacial score (nSPS) is 11.4. The van der Waals surface area contributed by atoms with Crippen molar-refractivity contribution in [2.45, 2.75) is 25.6 Å². The van der Waals surface area contributed by atoms with Crippen molar-refractivity contribution in [2.75, 3.05) is 20.3 Å². The first kappa shape index (κ1) is 16.2. The number of ether oxygens (including phenoxy) is 1.